The van der Waals surface area contributed by atoms with E-state index in [-0.39, 0.29) is 18.8 Å². The van der Waals surface area contributed by atoms with Gasteiger partial charge in [0.05, 0.1) is 0 Å². The molecule has 0 unspecified atom stereocenters. The van der Waals surface area contributed by atoms with Crippen LogP contribution in [0.15, 0.2) is 0 Å². The van der Waals surface area contributed by atoms with Crippen molar-refractivity contribution in [3.8, 4) is 0 Å². The molecule has 17 heavy (non-hydrogen) atoms. The van der Waals surface area contributed by atoms with E-state index in [2.05, 4.69) is 27.7 Å². The number of carbonyl (C=O) groups is 2. The maximum absolute atomic E-state index is 10.9. The Balaban J connectivity index is 4.57. The molecule has 0 aliphatic carbocycles. The van der Waals surface area contributed by atoms with Crippen molar-refractivity contribution >= 4 is 11.9 Å². The van der Waals surface area contributed by atoms with E-state index in [4.69, 9.17) is 10.8 Å². The van der Waals surface area contributed by atoms with E-state index in [1.165, 1.54) is 0 Å². The van der Waals surface area contributed by atoms with E-state index in [0.717, 1.165) is 6.42 Å². The van der Waals surface area contributed by atoms with E-state index in [1.807, 2.05) is 0 Å². The fourth-order valence-corrected chi connectivity index (χ4v) is 2.47. The van der Waals surface area contributed by atoms with Gasteiger partial charge < -0.3 is 10.8 Å². The monoisotopic (exact) mass is 243 g/mol. The number of amides is 1. The molecule has 1 amide bonds. The molecule has 0 heterocycles. The highest BCUT2D eigenvalue weighted by atomic mass is 16.4. The molecule has 0 aliphatic heterocycles. The minimum Gasteiger partial charge on any atom is -0.481 e. The number of hydrogen-bond acceptors (Lipinski definition) is 2. The molecule has 0 spiro atoms. The fraction of sp³-hybridized carbons (Fsp3) is 0.846. The second kappa shape index (κ2) is 7.30. The van der Waals surface area contributed by atoms with Crippen molar-refractivity contribution < 1.29 is 14.7 Å². The zero-order chi connectivity index (χ0) is 13.6. The molecule has 0 saturated heterocycles. The van der Waals surface area contributed by atoms with Crippen molar-refractivity contribution in [2.45, 2.75) is 47.0 Å². The molecule has 3 N–H and O–H groups in total. The first-order chi connectivity index (χ1) is 7.73. The number of nitrogens with two attached hydrogens (primary N) is 1. The summed E-state index contributed by atoms with van der Waals surface area (Å²) in [5.74, 6) is -0.0122. The van der Waals surface area contributed by atoms with Gasteiger partial charge in [-0.25, -0.2) is 0 Å². The zero-order valence-electron chi connectivity index (χ0n) is 11.3. The highest BCUT2D eigenvalue weighted by molar-refractivity contribution is 5.75. The van der Waals surface area contributed by atoms with Crippen molar-refractivity contribution in [2.75, 3.05) is 0 Å². The lowest BCUT2D eigenvalue weighted by Gasteiger charge is -2.28. The van der Waals surface area contributed by atoms with Gasteiger partial charge in [0.1, 0.15) is 0 Å². The molecule has 0 aliphatic rings. The van der Waals surface area contributed by atoms with Gasteiger partial charge in [-0.3, -0.25) is 9.59 Å². The molecule has 0 aromatic rings. The Bertz CT molecular complexity index is 237. The van der Waals surface area contributed by atoms with E-state index in [9.17, 15) is 9.59 Å². The Morgan fingerprint density at radius 2 is 1.53 bits per heavy atom. The highest BCUT2D eigenvalue weighted by Gasteiger charge is 2.24. The third kappa shape index (κ3) is 6.97. The Labute approximate surface area is 104 Å². The Kier molecular flexibility index (Phi) is 6.85. The lowest BCUT2D eigenvalue weighted by atomic mass is 9.77. The van der Waals surface area contributed by atoms with E-state index in [0.29, 0.717) is 17.8 Å². The van der Waals surface area contributed by atoms with Gasteiger partial charge >= 0.3 is 5.97 Å². The molecule has 0 aromatic heterocycles. The maximum Gasteiger partial charge on any atom is 0.303 e. The zero-order valence-corrected chi connectivity index (χ0v) is 11.3. The van der Waals surface area contributed by atoms with Crippen LogP contribution in [0.5, 0.6) is 0 Å². The third-order valence-electron chi connectivity index (χ3n) is 3.27. The van der Waals surface area contributed by atoms with Gasteiger partial charge in [-0.1, -0.05) is 27.7 Å². The van der Waals surface area contributed by atoms with Gasteiger partial charge in [-0.15, -0.1) is 0 Å². The summed E-state index contributed by atoms with van der Waals surface area (Å²) in [5.41, 5.74) is 5.17. The van der Waals surface area contributed by atoms with Crippen LogP contribution in [0.25, 0.3) is 0 Å². The molecule has 100 valence electrons. The van der Waals surface area contributed by atoms with Crippen molar-refractivity contribution in [1.29, 1.82) is 0 Å². The van der Waals surface area contributed by atoms with Crippen molar-refractivity contribution in [3.63, 3.8) is 0 Å². The average Bonchev–Trinajstić information content (AvgIpc) is 2.10. The summed E-state index contributed by atoms with van der Waals surface area (Å²) in [4.78, 5) is 21.7. The van der Waals surface area contributed by atoms with Gasteiger partial charge in [0, 0.05) is 12.8 Å². The van der Waals surface area contributed by atoms with Gasteiger partial charge in [-0.2, -0.15) is 0 Å². The first-order valence-electron chi connectivity index (χ1n) is 6.24. The van der Waals surface area contributed by atoms with Crippen molar-refractivity contribution in [1.82, 2.24) is 0 Å². The molecule has 1 atom stereocenters. The van der Waals surface area contributed by atoms with Gasteiger partial charge in [0.2, 0.25) is 5.91 Å². The van der Waals surface area contributed by atoms with Gasteiger partial charge in [-0.05, 0) is 30.1 Å². The predicted octanol–water partition coefficient (Wildman–Crippen LogP) is 2.27. The minimum atomic E-state index is -0.859. The number of carbonyl (C=O) groups excluding carboxylic acids is 1. The molecular weight excluding hydrogens is 218 g/mol. The highest BCUT2D eigenvalue weighted by Crippen LogP contribution is 2.30. The average molecular weight is 243 g/mol. The number of hydrogen-bond donors (Lipinski definition) is 2. The van der Waals surface area contributed by atoms with Crippen molar-refractivity contribution in [2.24, 2.45) is 29.4 Å². The van der Waals surface area contributed by atoms with Gasteiger partial charge in [0.15, 0.2) is 0 Å². The largest absolute Gasteiger partial charge is 0.481 e. The smallest absolute Gasteiger partial charge is 0.303 e. The molecule has 0 fully saturated rings. The first kappa shape index (κ1) is 15.9. The summed E-state index contributed by atoms with van der Waals surface area (Å²) in [6.07, 6.45) is 0.950. The molecule has 0 saturated carbocycles. The molecular formula is C13H25NO3. The molecule has 0 aromatic carbocycles. The third-order valence-corrected chi connectivity index (χ3v) is 3.27. The Morgan fingerprint density at radius 1 is 1.06 bits per heavy atom. The van der Waals surface area contributed by atoms with Crippen molar-refractivity contribution in [3.05, 3.63) is 0 Å². The van der Waals surface area contributed by atoms with Crippen LogP contribution in [0.3, 0.4) is 0 Å². The second-order valence-corrected chi connectivity index (χ2v) is 5.52. The topological polar surface area (TPSA) is 80.4 Å². The van der Waals surface area contributed by atoms with Crippen LogP contribution in [0, 0.1) is 23.7 Å². The normalized spacial score (nSPS) is 13.4. The summed E-state index contributed by atoms with van der Waals surface area (Å²) >= 11 is 0. The van der Waals surface area contributed by atoms with Crippen LogP contribution < -0.4 is 5.73 Å². The van der Waals surface area contributed by atoms with Crippen LogP contribution in [0.1, 0.15) is 47.0 Å². The summed E-state index contributed by atoms with van der Waals surface area (Å²) in [6.45, 7) is 8.53. The minimum absolute atomic E-state index is 0.0267. The quantitative estimate of drug-likeness (QED) is 0.686. The Morgan fingerprint density at radius 3 is 1.82 bits per heavy atom. The first-order valence-corrected chi connectivity index (χ1v) is 6.24. The molecule has 0 bridgehead atoms. The summed E-state index contributed by atoms with van der Waals surface area (Å²) in [7, 11) is 0. The lowest BCUT2D eigenvalue weighted by Crippen LogP contribution is -2.25. The van der Waals surface area contributed by atoms with Crippen LogP contribution in [-0.4, -0.2) is 17.0 Å². The van der Waals surface area contributed by atoms with Gasteiger partial charge in [0.25, 0.3) is 0 Å². The second-order valence-electron chi connectivity index (χ2n) is 5.52. The summed E-state index contributed by atoms with van der Waals surface area (Å²) in [5, 5.41) is 8.83. The standard InChI is InChI=1S/C13H25NO3/c1-8(2)11(9(3)4)5-10(6-12(14)15)7-13(16)17/h8-11H,5-7H2,1-4H3,(H2,14,15)(H,16,17)/t10-/m1/s1. The van der Waals surface area contributed by atoms with E-state index < -0.39 is 11.9 Å². The predicted molar refractivity (Wildman–Crippen MR) is 67.3 cm³/mol. The van der Waals surface area contributed by atoms with Crippen LogP contribution in [-0.2, 0) is 9.59 Å². The van der Waals surface area contributed by atoms with E-state index >= 15 is 0 Å². The fourth-order valence-electron chi connectivity index (χ4n) is 2.47. The molecule has 0 rings (SSSR count). The molecule has 4 heteroatoms. The van der Waals surface area contributed by atoms with Crippen LogP contribution >= 0.6 is 0 Å². The summed E-state index contributed by atoms with van der Waals surface area (Å²) in [6, 6.07) is 0. The van der Waals surface area contributed by atoms with Crippen LogP contribution in [0.4, 0.5) is 0 Å². The number of carboxylic acid groups (broad SMARTS) is 1. The Hall–Kier alpha value is -1.06. The SMILES string of the molecule is CC(C)C(C[C@H](CC(N)=O)CC(=O)O)C(C)C. The maximum atomic E-state index is 10.9. The van der Waals surface area contributed by atoms with Crippen LogP contribution in [0.2, 0.25) is 0 Å². The molecule has 0 radical (unpaired) electrons. The van der Waals surface area contributed by atoms with E-state index in [1.54, 1.807) is 0 Å². The number of carboxylic acids is 1. The number of rotatable bonds is 8. The number of aliphatic carboxylic acids is 1. The lowest BCUT2D eigenvalue weighted by molar-refractivity contribution is -0.138. The number of primary amides is 1. The molecule has 4 nitrogen and oxygen atoms in total. The summed E-state index contributed by atoms with van der Waals surface area (Å²) < 4.78 is 0.